The number of pyridine rings is 1. The van der Waals surface area contributed by atoms with E-state index >= 15 is 0 Å². The van der Waals surface area contributed by atoms with Gasteiger partial charge in [0.2, 0.25) is 5.91 Å². The fraction of sp³-hybridized carbons (Fsp3) is 0.250. The number of amides is 1. The van der Waals surface area contributed by atoms with Gasteiger partial charge in [0.15, 0.2) is 0 Å². The van der Waals surface area contributed by atoms with E-state index in [9.17, 15) is 9.18 Å². The summed E-state index contributed by atoms with van der Waals surface area (Å²) < 4.78 is 14.8. The van der Waals surface area contributed by atoms with Gasteiger partial charge in [-0.25, -0.2) is 4.39 Å². The normalized spacial score (nSPS) is 12.0. The molecule has 0 aliphatic heterocycles. The zero-order chi connectivity index (χ0) is 19.2. The molecule has 0 fully saturated rings. The lowest BCUT2D eigenvalue weighted by atomic mass is 10.1. The molecule has 2 heterocycles. The zero-order valence-electron chi connectivity index (χ0n) is 15.0. The molecule has 2 N–H and O–H groups in total. The molecular weight excluding hydrogens is 347 g/mol. The van der Waals surface area contributed by atoms with Gasteiger partial charge in [-0.05, 0) is 42.8 Å². The molecule has 7 heteroatoms. The summed E-state index contributed by atoms with van der Waals surface area (Å²) in [6.45, 7) is 1.63. The molecule has 0 radical (unpaired) electrons. The van der Waals surface area contributed by atoms with Crippen molar-refractivity contribution in [1.82, 2.24) is 20.1 Å². The van der Waals surface area contributed by atoms with Crippen LogP contribution in [-0.4, -0.2) is 38.4 Å². The third kappa shape index (κ3) is 4.98. The Morgan fingerprint density at radius 3 is 2.59 bits per heavy atom. The SMILES string of the molecule is C[C@H](CO)NC(=O)Cn1nc(-c2ccncc2)cc1Cc1ccc(F)cc1. The molecule has 0 spiro atoms. The molecule has 3 aromatic rings. The van der Waals surface area contributed by atoms with Crippen molar-refractivity contribution in [2.75, 3.05) is 6.61 Å². The number of carbonyl (C=O) groups excluding carboxylic acids is 1. The monoisotopic (exact) mass is 368 g/mol. The first-order chi connectivity index (χ1) is 13.0. The number of benzene rings is 1. The minimum atomic E-state index is -0.326. The van der Waals surface area contributed by atoms with Crippen LogP contribution in [0.4, 0.5) is 4.39 Å². The predicted octanol–water partition coefficient (Wildman–Crippen LogP) is 2.17. The van der Waals surface area contributed by atoms with E-state index in [1.54, 1.807) is 36.1 Å². The fourth-order valence-electron chi connectivity index (χ4n) is 2.71. The van der Waals surface area contributed by atoms with Gasteiger partial charge >= 0.3 is 0 Å². The summed E-state index contributed by atoms with van der Waals surface area (Å²) in [7, 11) is 0. The Hall–Kier alpha value is -3.06. The highest BCUT2D eigenvalue weighted by atomic mass is 19.1. The molecule has 3 rings (SSSR count). The number of aliphatic hydroxyl groups is 1. The summed E-state index contributed by atoms with van der Waals surface area (Å²) in [6, 6.07) is 11.5. The maximum Gasteiger partial charge on any atom is 0.242 e. The number of carbonyl (C=O) groups is 1. The topological polar surface area (TPSA) is 80.0 Å². The summed E-state index contributed by atoms with van der Waals surface area (Å²) in [6.07, 6.45) is 3.88. The van der Waals surface area contributed by atoms with Gasteiger partial charge in [-0.1, -0.05) is 12.1 Å². The van der Waals surface area contributed by atoms with Crippen LogP contribution in [0.25, 0.3) is 11.3 Å². The van der Waals surface area contributed by atoms with Gasteiger partial charge in [0.25, 0.3) is 0 Å². The van der Waals surface area contributed by atoms with Crippen LogP contribution in [0.15, 0.2) is 54.9 Å². The quantitative estimate of drug-likeness (QED) is 0.670. The Morgan fingerprint density at radius 1 is 1.22 bits per heavy atom. The van der Waals surface area contributed by atoms with Crippen molar-refractivity contribution in [3.63, 3.8) is 0 Å². The zero-order valence-corrected chi connectivity index (χ0v) is 15.0. The number of nitrogens with zero attached hydrogens (tertiary/aromatic N) is 3. The predicted molar refractivity (Wildman–Crippen MR) is 99.4 cm³/mol. The Bertz CT molecular complexity index is 894. The van der Waals surface area contributed by atoms with E-state index < -0.39 is 0 Å². The number of hydrogen-bond donors (Lipinski definition) is 2. The number of aromatic nitrogens is 3. The van der Waals surface area contributed by atoms with Crippen LogP contribution < -0.4 is 5.32 Å². The Labute approximate surface area is 156 Å². The Morgan fingerprint density at radius 2 is 1.93 bits per heavy atom. The standard InChI is InChI=1S/C20H21FN4O2/c1-14(13-26)23-20(27)12-25-18(10-15-2-4-17(21)5-3-15)11-19(24-25)16-6-8-22-9-7-16/h2-9,11,14,26H,10,12-13H2,1H3,(H,23,27)/t14-/m1/s1. The van der Waals surface area contributed by atoms with E-state index in [0.717, 1.165) is 22.5 Å². The molecule has 140 valence electrons. The number of rotatable bonds is 7. The first-order valence-corrected chi connectivity index (χ1v) is 8.67. The molecule has 27 heavy (non-hydrogen) atoms. The molecule has 1 aromatic carbocycles. The lowest BCUT2D eigenvalue weighted by molar-refractivity contribution is -0.122. The van der Waals surface area contributed by atoms with E-state index in [0.29, 0.717) is 6.42 Å². The van der Waals surface area contributed by atoms with Crippen molar-refractivity contribution in [2.45, 2.75) is 25.9 Å². The third-order valence-electron chi connectivity index (χ3n) is 4.11. The second-order valence-corrected chi connectivity index (χ2v) is 6.37. The maximum absolute atomic E-state index is 13.2. The molecule has 6 nitrogen and oxygen atoms in total. The van der Waals surface area contributed by atoms with E-state index in [4.69, 9.17) is 5.11 Å². The van der Waals surface area contributed by atoms with Crippen molar-refractivity contribution in [3.05, 3.63) is 71.9 Å². The van der Waals surface area contributed by atoms with Gasteiger partial charge in [-0.2, -0.15) is 5.10 Å². The van der Waals surface area contributed by atoms with E-state index in [2.05, 4.69) is 15.4 Å². The van der Waals surface area contributed by atoms with Crippen LogP contribution in [0, 0.1) is 5.82 Å². The molecule has 2 aromatic heterocycles. The first kappa shape index (κ1) is 18.7. The van der Waals surface area contributed by atoms with Crippen molar-refractivity contribution in [1.29, 1.82) is 0 Å². The van der Waals surface area contributed by atoms with Crippen molar-refractivity contribution in [3.8, 4) is 11.3 Å². The maximum atomic E-state index is 13.2. The van der Waals surface area contributed by atoms with Crippen molar-refractivity contribution < 1.29 is 14.3 Å². The van der Waals surface area contributed by atoms with Crippen LogP contribution in [0.2, 0.25) is 0 Å². The van der Waals surface area contributed by atoms with Crippen LogP contribution in [0.1, 0.15) is 18.2 Å². The van der Waals surface area contributed by atoms with E-state index in [1.807, 2.05) is 18.2 Å². The largest absolute Gasteiger partial charge is 0.394 e. The van der Waals surface area contributed by atoms with Crippen LogP contribution in [-0.2, 0) is 17.8 Å². The number of hydrogen-bond acceptors (Lipinski definition) is 4. The number of aliphatic hydroxyl groups excluding tert-OH is 1. The molecule has 0 unspecified atom stereocenters. The van der Waals surface area contributed by atoms with Gasteiger partial charge in [-0.3, -0.25) is 14.5 Å². The van der Waals surface area contributed by atoms with Crippen molar-refractivity contribution >= 4 is 5.91 Å². The van der Waals surface area contributed by atoms with Gasteiger partial charge in [0.1, 0.15) is 12.4 Å². The lowest BCUT2D eigenvalue weighted by Gasteiger charge is -2.12. The average molecular weight is 368 g/mol. The smallest absolute Gasteiger partial charge is 0.242 e. The summed E-state index contributed by atoms with van der Waals surface area (Å²) >= 11 is 0. The van der Waals surface area contributed by atoms with Gasteiger partial charge in [-0.15, -0.1) is 0 Å². The summed E-state index contributed by atoms with van der Waals surface area (Å²) in [5.74, 6) is -0.525. The third-order valence-corrected chi connectivity index (χ3v) is 4.11. The second-order valence-electron chi connectivity index (χ2n) is 6.37. The molecule has 0 saturated carbocycles. The van der Waals surface area contributed by atoms with Crippen molar-refractivity contribution in [2.24, 2.45) is 0 Å². The van der Waals surface area contributed by atoms with Crippen LogP contribution in [0.5, 0.6) is 0 Å². The molecule has 0 bridgehead atoms. The Balaban J connectivity index is 1.87. The molecule has 1 atom stereocenters. The highest BCUT2D eigenvalue weighted by Crippen LogP contribution is 2.20. The Kier molecular flexibility index (Phi) is 5.93. The minimum absolute atomic E-state index is 0.0337. The van der Waals surface area contributed by atoms with Gasteiger partial charge in [0.05, 0.1) is 12.3 Å². The van der Waals surface area contributed by atoms with E-state index in [-0.39, 0.29) is 30.9 Å². The highest BCUT2D eigenvalue weighted by molar-refractivity contribution is 5.76. The molecule has 0 aliphatic rings. The molecule has 0 aliphatic carbocycles. The number of nitrogens with one attached hydrogen (secondary N) is 1. The average Bonchev–Trinajstić information content (AvgIpc) is 3.06. The van der Waals surface area contributed by atoms with Crippen LogP contribution >= 0.6 is 0 Å². The molecule has 1 amide bonds. The van der Waals surface area contributed by atoms with E-state index in [1.165, 1.54) is 12.1 Å². The summed E-state index contributed by atoms with van der Waals surface area (Å²) in [5.41, 5.74) is 3.38. The van der Waals surface area contributed by atoms with Crippen LogP contribution in [0.3, 0.4) is 0 Å². The minimum Gasteiger partial charge on any atom is -0.394 e. The second kappa shape index (κ2) is 8.55. The summed E-state index contributed by atoms with van der Waals surface area (Å²) in [4.78, 5) is 16.2. The molecule has 0 saturated heterocycles. The molecular formula is C20H21FN4O2. The summed E-state index contributed by atoms with van der Waals surface area (Å²) in [5, 5.41) is 16.4. The first-order valence-electron chi connectivity index (χ1n) is 8.67. The lowest BCUT2D eigenvalue weighted by Crippen LogP contribution is -2.37. The highest BCUT2D eigenvalue weighted by Gasteiger charge is 2.14. The number of halogens is 1. The fourth-order valence-corrected chi connectivity index (χ4v) is 2.71. The van der Waals surface area contributed by atoms with Gasteiger partial charge < -0.3 is 10.4 Å². The van der Waals surface area contributed by atoms with Gasteiger partial charge in [0, 0.05) is 36.1 Å².